The molecule has 0 bridgehead atoms. The SMILES string of the molecule is [CH2]S(=O)(=O)CCc1ccncc1-c1ccccn1. The Balaban J connectivity index is 2.32. The zero-order valence-corrected chi connectivity index (χ0v) is 10.6. The first-order chi connectivity index (χ1) is 8.56. The highest BCUT2D eigenvalue weighted by Crippen LogP contribution is 2.20. The van der Waals surface area contributed by atoms with Crippen LogP contribution in [-0.4, -0.2) is 24.1 Å². The van der Waals surface area contributed by atoms with Crippen molar-refractivity contribution in [2.24, 2.45) is 0 Å². The van der Waals surface area contributed by atoms with Gasteiger partial charge >= 0.3 is 0 Å². The van der Waals surface area contributed by atoms with Crippen molar-refractivity contribution in [2.45, 2.75) is 6.42 Å². The quantitative estimate of drug-likeness (QED) is 0.843. The highest BCUT2D eigenvalue weighted by Gasteiger charge is 2.09. The van der Waals surface area contributed by atoms with E-state index in [0.29, 0.717) is 6.42 Å². The lowest BCUT2D eigenvalue weighted by atomic mass is 10.1. The fourth-order valence-electron chi connectivity index (χ4n) is 1.66. The molecule has 2 aromatic rings. The Morgan fingerprint density at radius 3 is 2.67 bits per heavy atom. The summed E-state index contributed by atoms with van der Waals surface area (Å²) in [6.45, 7) is 0. The molecule has 93 valence electrons. The van der Waals surface area contributed by atoms with Gasteiger partial charge in [-0.15, -0.1) is 0 Å². The van der Waals surface area contributed by atoms with Crippen LogP contribution in [0.3, 0.4) is 0 Å². The van der Waals surface area contributed by atoms with E-state index in [-0.39, 0.29) is 5.75 Å². The van der Waals surface area contributed by atoms with Crippen molar-refractivity contribution in [1.29, 1.82) is 0 Å². The highest BCUT2D eigenvalue weighted by molar-refractivity contribution is 7.92. The summed E-state index contributed by atoms with van der Waals surface area (Å²) in [5.74, 6) is 0.0246. The van der Waals surface area contributed by atoms with Crippen LogP contribution in [0.2, 0.25) is 0 Å². The second-order valence-electron chi connectivity index (χ2n) is 3.95. The zero-order chi connectivity index (χ0) is 13.0. The molecule has 1 radical (unpaired) electrons. The van der Waals surface area contributed by atoms with Crippen LogP contribution in [0.1, 0.15) is 5.56 Å². The predicted molar refractivity (Wildman–Crippen MR) is 70.3 cm³/mol. The third kappa shape index (κ3) is 3.37. The van der Waals surface area contributed by atoms with E-state index in [2.05, 4.69) is 16.2 Å². The number of nitrogens with zero attached hydrogens (tertiary/aromatic N) is 2. The van der Waals surface area contributed by atoms with E-state index in [4.69, 9.17) is 0 Å². The van der Waals surface area contributed by atoms with Gasteiger partial charge in [-0.2, -0.15) is 0 Å². The second-order valence-corrected chi connectivity index (χ2v) is 5.84. The topological polar surface area (TPSA) is 59.9 Å². The number of rotatable bonds is 4. The summed E-state index contributed by atoms with van der Waals surface area (Å²) in [7, 11) is -3.21. The molecule has 0 aliphatic rings. The van der Waals surface area contributed by atoms with E-state index in [1.165, 1.54) is 0 Å². The van der Waals surface area contributed by atoms with Gasteiger partial charge in [0.05, 0.1) is 17.7 Å². The molecule has 0 aliphatic heterocycles. The van der Waals surface area contributed by atoms with Crippen molar-refractivity contribution in [3.8, 4) is 11.3 Å². The van der Waals surface area contributed by atoms with Gasteiger partial charge in [0, 0.05) is 24.2 Å². The molecule has 2 rings (SSSR count). The van der Waals surface area contributed by atoms with Gasteiger partial charge in [-0.3, -0.25) is 9.97 Å². The molecule has 4 nitrogen and oxygen atoms in total. The first-order valence-corrected chi connectivity index (χ1v) is 7.28. The maximum absolute atomic E-state index is 11.1. The van der Waals surface area contributed by atoms with Crippen molar-refractivity contribution in [3.63, 3.8) is 0 Å². The Hall–Kier alpha value is -1.75. The third-order valence-corrected chi connectivity index (χ3v) is 3.36. The Morgan fingerprint density at radius 2 is 2.00 bits per heavy atom. The molecule has 0 fully saturated rings. The summed E-state index contributed by atoms with van der Waals surface area (Å²) in [6, 6.07) is 7.41. The maximum Gasteiger partial charge on any atom is 0.151 e. The van der Waals surface area contributed by atoms with Crippen molar-refractivity contribution in [1.82, 2.24) is 9.97 Å². The van der Waals surface area contributed by atoms with Gasteiger partial charge in [0.1, 0.15) is 0 Å². The van der Waals surface area contributed by atoms with Crippen LogP contribution in [0.15, 0.2) is 42.9 Å². The zero-order valence-electron chi connectivity index (χ0n) is 9.78. The van der Waals surface area contributed by atoms with Crippen LogP contribution < -0.4 is 0 Å². The van der Waals surface area contributed by atoms with Crippen molar-refractivity contribution < 1.29 is 8.42 Å². The van der Waals surface area contributed by atoms with Crippen LogP contribution in [0.4, 0.5) is 0 Å². The average molecular weight is 261 g/mol. The number of hydrogen-bond acceptors (Lipinski definition) is 4. The first-order valence-electron chi connectivity index (χ1n) is 5.46. The van der Waals surface area contributed by atoms with Crippen LogP contribution in [0.5, 0.6) is 0 Å². The van der Waals surface area contributed by atoms with Gasteiger partial charge in [0.15, 0.2) is 9.84 Å². The van der Waals surface area contributed by atoms with Gasteiger partial charge in [-0.1, -0.05) is 6.07 Å². The lowest BCUT2D eigenvalue weighted by molar-refractivity contribution is 0.603. The largest absolute Gasteiger partial charge is 0.264 e. The molecule has 0 saturated carbocycles. The standard InChI is InChI=1S/C13H13N2O2S/c1-18(16,17)9-6-11-5-8-14-10-12(11)13-4-2-3-7-15-13/h2-5,7-8,10H,1,6,9H2. The molecular weight excluding hydrogens is 248 g/mol. The van der Waals surface area contributed by atoms with E-state index >= 15 is 0 Å². The molecule has 0 N–H and O–H groups in total. The van der Waals surface area contributed by atoms with E-state index in [9.17, 15) is 8.42 Å². The summed E-state index contributed by atoms with van der Waals surface area (Å²) < 4.78 is 22.2. The molecule has 18 heavy (non-hydrogen) atoms. The molecule has 2 aromatic heterocycles. The van der Waals surface area contributed by atoms with Crippen LogP contribution in [0.25, 0.3) is 11.3 Å². The molecule has 0 saturated heterocycles. The normalized spacial score (nSPS) is 11.4. The number of hydrogen-bond donors (Lipinski definition) is 0. The van der Waals surface area contributed by atoms with E-state index < -0.39 is 9.84 Å². The Labute approximate surface area is 107 Å². The van der Waals surface area contributed by atoms with Gasteiger partial charge in [0.25, 0.3) is 0 Å². The fraction of sp³-hybridized carbons (Fsp3) is 0.154. The van der Waals surface area contributed by atoms with Gasteiger partial charge in [-0.05, 0) is 30.2 Å². The third-order valence-electron chi connectivity index (χ3n) is 2.53. The lowest BCUT2D eigenvalue weighted by Crippen LogP contribution is -2.05. The minimum absolute atomic E-state index is 0.0246. The molecule has 0 aliphatic carbocycles. The molecule has 0 atom stereocenters. The molecule has 0 amide bonds. The average Bonchev–Trinajstić information content (AvgIpc) is 2.37. The van der Waals surface area contributed by atoms with Gasteiger partial charge in [0.2, 0.25) is 0 Å². The minimum atomic E-state index is -3.21. The molecule has 2 heterocycles. The van der Waals surface area contributed by atoms with Gasteiger partial charge in [-0.25, -0.2) is 8.42 Å². The van der Waals surface area contributed by atoms with Crippen molar-refractivity contribution >= 4 is 9.84 Å². The first kappa shape index (κ1) is 12.7. The maximum atomic E-state index is 11.1. The number of pyridine rings is 2. The highest BCUT2D eigenvalue weighted by atomic mass is 32.2. The molecule has 0 unspecified atom stereocenters. The monoisotopic (exact) mass is 261 g/mol. The van der Waals surface area contributed by atoms with Crippen LogP contribution in [-0.2, 0) is 16.3 Å². The lowest BCUT2D eigenvalue weighted by Gasteiger charge is -2.07. The van der Waals surface area contributed by atoms with E-state index in [1.54, 1.807) is 18.6 Å². The smallest absolute Gasteiger partial charge is 0.151 e. The van der Waals surface area contributed by atoms with Crippen molar-refractivity contribution in [2.75, 3.05) is 5.75 Å². The fourth-order valence-corrected chi connectivity index (χ4v) is 2.19. The molecule has 5 heteroatoms. The Kier molecular flexibility index (Phi) is 3.72. The summed E-state index contributed by atoms with van der Waals surface area (Å²) in [4.78, 5) is 8.31. The Morgan fingerprint density at radius 1 is 1.17 bits per heavy atom. The molecule has 0 spiro atoms. The summed E-state index contributed by atoms with van der Waals surface area (Å²) in [5.41, 5.74) is 2.57. The van der Waals surface area contributed by atoms with E-state index in [0.717, 1.165) is 16.8 Å². The number of sulfone groups is 1. The molecular formula is C13H13N2O2S. The van der Waals surface area contributed by atoms with E-state index in [1.807, 2.05) is 24.3 Å². The number of aryl methyl sites for hydroxylation is 1. The predicted octanol–water partition coefficient (Wildman–Crippen LogP) is 1.89. The second kappa shape index (κ2) is 5.27. The molecule has 0 aromatic carbocycles. The summed E-state index contributed by atoms with van der Waals surface area (Å²) in [6.07, 6.45) is 8.60. The summed E-state index contributed by atoms with van der Waals surface area (Å²) >= 11 is 0. The Bertz CT molecular complexity index is 624. The minimum Gasteiger partial charge on any atom is -0.264 e. The van der Waals surface area contributed by atoms with Gasteiger partial charge < -0.3 is 0 Å². The van der Waals surface area contributed by atoms with Crippen LogP contribution in [0, 0.1) is 6.26 Å². The number of aromatic nitrogens is 2. The summed E-state index contributed by atoms with van der Waals surface area (Å²) in [5, 5.41) is 0. The van der Waals surface area contributed by atoms with Crippen LogP contribution >= 0.6 is 0 Å². The van der Waals surface area contributed by atoms with Crippen molar-refractivity contribution in [3.05, 3.63) is 54.7 Å².